The van der Waals surface area contributed by atoms with Crippen molar-refractivity contribution in [3.63, 3.8) is 0 Å². The third-order valence-electron chi connectivity index (χ3n) is 3.08. The number of carbonyl (C=O) groups excluding carboxylic acids is 2. The van der Waals surface area contributed by atoms with Crippen LogP contribution < -0.4 is 10.2 Å². The topological polar surface area (TPSA) is 58.6 Å². The summed E-state index contributed by atoms with van der Waals surface area (Å²) >= 11 is 6.05. The highest BCUT2D eigenvalue weighted by Gasteiger charge is 2.14. The van der Waals surface area contributed by atoms with Gasteiger partial charge in [0.2, 0.25) is 0 Å². The van der Waals surface area contributed by atoms with Gasteiger partial charge in [0.15, 0.2) is 0 Å². The molecule has 0 saturated carbocycles. The molecule has 0 atom stereocenters. The number of carbonyl (C=O) groups is 2. The zero-order chi connectivity index (χ0) is 16.1. The summed E-state index contributed by atoms with van der Waals surface area (Å²) < 4.78 is 4.65. The number of amides is 2. The van der Waals surface area contributed by atoms with Gasteiger partial charge < -0.3 is 10.1 Å². The fourth-order valence-corrected chi connectivity index (χ4v) is 2.00. The van der Waals surface area contributed by atoms with E-state index >= 15 is 0 Å². The lowest BCUT2D eigenvalue weighted by Crippen LogP contribution is -2.31. The SMILES string of the molecule is COC(=O)c1ccc(Cl)c(NC(=O)N(C)c2ccccc2)c1. The van der Waals surface area contributed by atoms with Crippen molar-refractivity contribution in [2.45, 2.75) is 0 Å². The van der Waals surface area contributed by atoms with Gasteiger partial charge >= 0.3 is 12.0 Å². The number of halogens is 1. The van der Waals surface area contributed by atoms with Crippen molar-refractivity contribution in [1.29, 1.82) is 0 Å². The van der Waals surface area contributed by atoms with Crippen LogP contribution in [-0.2, 0) is 4.74 Å². The van der Waals surface area contributed by atoms with E-state index in [0.717, 1.165) is 5.69 Å². The first-order valence-electron chi connectivity index (χ1n) is 6.50. The monoisotopic (exact) mass is 318 g/mol. The van der Waals surface area contributed by atoms with Gasteiger partial charge in [-0.1, -0.05) is 29.8 Å². The minimum Gasteiger partial charge on any atom is -0.465 e. The van der Waals surface area contributed by atoms with Gasteiger partial charge in [-0.05, 0) is 30.3 Å². The van der Waals surface area contributed by atoms with Crippen LogP contribution >= 0.6 is 11.6 Å². The Kier molecular flexibility index (Phi) is 5.01. The van der Waals surface area contributed by atoms with Gasteiger partial charge in [-0.2, -0.15) is 0 Å². The van der Waals surface area contributed by atoms with Crippen LogP contribution in [0.4, 0.5) is 16.2 Å². The fourth-order valence-electron chi connectivity index (χ4n) is 1.83. The number of hydrogen-bond donors (Lipinski definition) is 1. The number of esters is 1. The molecule has 0 saturated heterocycles. The number of para-hydroxylation sites is 1. The van der Waals surface area contributed by atoms with Gasteiger partial charge in [0.1, 0.15) is 0 Å². The summed E-state index contributed by atoms with van der Waals surface area (Å²) in [6, 6.07) is 13.3. The molecular weight excluding hydrogens is 304 g/mol. The van der Waals surface area contributed by atoms with Crippen LogP contribution in [-0.4, -0.2) is 26.2 Å². The molecule has 0 aliphatic carbocycles. The van der Waals surface area contributed by atoms with E-state index < -0.39 is 5.97 Å². The van der Waals surface area contributed by atoms with Crippen LogP contribution in [0.1, 0.15) is 10.4 Å². The summed E-state index contributed by atoms with van der Waals surface area (Å²) in [6.45, 7) is 0. The van der Waals surface area contributed by atoms with Crippen LogP contribution in [0, 0.1) is 0 Å². The van der Waals surface area contributed by atoms with Crippen molar-refractivity contribution in [1.82, 2.24) is 0 Å². The molecule has 0 heterocycles. The van der Waals surface area contributed by atoms with Crippen LogP contribution in [0.2, 0.25) is 5.02 Å². The zero-order valence-electron chi connectivity index (χ0n) is 12.2. The molecule has 0 spiro atoms. The van der Waals surface area contributed by atoms with Gasteiger partial charge in [-0.25, -0.2) is 9.59 Å². The van der Waals surface area contributed by atoms with Crippen molar-refractivity contribution in [2.75, 3.05) is 24.4 Å². The third-order valence-corrected chi connectivity index (χ3v) is 3.41. The van der Waals surface area contributed by atoms with E-state index in [1.165, 1.54) is 30.2 Å². The first kappa shape index (κ1) is 15.9. The second kappa shape index (κ2) is 6.95. The lowest BCUT2D eigenvalue weighted by atomic mass is 10.2. The minimum atomic E-state index is -0.497. The molecule has 114 valence electrons. The molecule has 0 unspecified atom stereocenters. The molecule has 0 bridgehead atoms. The highest BCUT2D eigenvalue weighted by atomic mass is 35.5. The molecule has 0 fully saturated rings. The molecular formula is C16H15ClN2O3. The van der Waals surface area contributed by atoms with Crippen molar-refractivity contribution in [3.8, 4) is 0 Å². The van der Waals surface area contributed by atoms with Crippen molar-refractivity contribution < 1.29 is 14.3 Å². The lowest BCUT2D eigenvalue weighted by molar-refractivity contribution is 0.0601. The fraction of sp³-hybridized carbons (Fsp3) is 0.125. The number of nitrogens with one attached hydrogen (secondary N) is 1. The van der Waals surface area contributed by atoms with E-state index in [2.05, 4.69) is 10.1 Å². The maximum atomic E-state index is 12.3. The number of ether oxygens (including phenoxy) is 1. The third kappa shape index (κ3) is 3.56. The van der Waals surface area contributed by atoms with E-state index in [-0.39, 0.29) is 6.03 Å². The zero-order valence-corrected chi connectivity index (χ0v) is 12.9. The first-order valence-corrected chi connectivity index (χ1v) is 6.88. The Labute approximate surface area is 133 Å². The lowest BCUT2D eigenvalue weighted by Gasteiger charge is -2.18. The standard InChI is InChI=1S/C16H15ClN2O3/c1-19(12-6-4-3-5-7-12)16(21)18-14-10-11(15(20)22-2)8-9-13(14)17/h3-10H,1-2H3,(H,18,21). The second-order valence-corrected chi connectivity index (χ2v) is 4.92. The van der Waals surface area contributed by atoms with Gasteiger partial charge in [0, 0.05) is 12.7 Å². The molecule has 0 radical (unpaired) electrons. The Balaban J connectivity index is 2.19. The number of nitrogens with zero attached hydrogens (tertiary/aromatic N) is 1. The molecule has 5 nitrogen and oxygen atoms in total. The average molecular weight is 319 g/mol. The molecule has 2 amide bonds. The highest BCUT2D eigenvalue weighted by molar-refractivity contribution is 6.34. The maximum Gasteiger partial charge on any atom is 0.337 e. The summed E-state index contributed by atoms with van der Waals surface area (Å²) in [5, 5.41) is 3.01. The normalized spacial score (nSPS) is 9.95. The minimum absolute atomic E-state index is 0.310. The van der Waals surface area contributed by atoms with E-state index in [1.807, 2.05) is 30.3 Å². The van der Waals surface area contributed by atoms with Crippen molar-refractivity contribution >= 4 is 35.0 Å². The Morgan fingerprint density at radius 2 is 1.82 bits per heavy atom. The molecule has 2 aromatic rings. The average Bonchev–Trinajstić information content (AvgIpc) is 2.56. The first-order chi connectivity index (χ1) is 10.5. The van der Waals surface area contributed by atoms with Gasteiger partial charge in [0.25, 0.3) is 0 Å². The molecule has 0 aliphatic rings. The second-order valence-electron chi connectivity index (χ2n) is 4.51. The van der Waals surface area contributed by atoms with Crippen LogP contribution in [0.5, 0.6) is 0 Å². The summed E-state index contributed by atoms with van der Waals surface area (Å²) in [4.78, 5) is 25.2. The van der Waals surface area contributed by atoms with E-state index in [0.29, 0.717) is 16.3 Å². The van der Waals surface area contributed by atoms with Crippen molar-refractivity contribution in [2.24, 2.45) is 0 Å². The van der Waals surface area contributed by atoms with E-state index in [9.17, 15) is 9.59 Å². The number of rotatable bonds is 3. The Bertz CT molecular complexity index is 689. The maximum absolute atomic E-state index is 12.3. The predicted molar refractivity (Wildman–Crippen MR) is 86.7 cm³/mol. The van der Waals surface area contributed by atoms with Crippen LogP contribution in [0.15, 0.2) is 48.5 Å². The van der Waals surface area contributed by atoms with Crippen LogP contribution in [0.3, 0.4) is 0 Å². The number of hydrogen-bond acceptors (Lipinski definition) is 3. The van der Waals surface area contributed by atoms with E-state index in [1.54, 1.807) is 7.05 Å². The summed E-state index contributed by atoms with van der Waals surface area (Å²) in [7, 11) is 2.93. The molecule has 6 heteroatoms. The Hall–Kier alpha value is -2.53. The summed E-state index contributed by atoms with van der Waals surface area (Å²) in [5.41, 5.74) is 1.39. The molecule has 2 aromatic carbocycles. The highest BCUT2D eigenvalue weighted by Crippen LogP contribution is 2.24. The van der Waals surface area contributed by atoms with Crippen molar-refractivity contribution in [3.05, 3.63) is 59.1 Å². The van der Waals surface area contributed by atoms with Crippen LogP contribution in [0.25, 0.3) is 0 Å². The number of urea groups is 1. The predicted octanol–water partition coefficient (Wildman–Crippen LogP) is 3.79. The van der Waals surface area contributed by atoms with Gasteiger partial charge in [-0.15, -0.1) is 0 Å². The largest absolute Gasteiger partial charge is 0.465 e. The smallest absolute Gasteiger partial charge is 0.337 e. The Morgan fingerprint density at radius 1 is 1.14 bits per heavy atom. The number of methoxy groups -OCH3 is 1. The molecule has 1 N–H and O–H groups in total. The van der Waals surface area contributed by atoms with E-state index in [4.69, 9.17) is 11.6 Å². The molecule has 2 rings (SSSR count). The molecule has 0 aliphatic heterocycles. The number of benzene rings is 2. The molecule has 22 heavy (non-hydrogen) atoms. The number of anilines is 2. The molecule has 0 aromatic heterocycles. The van der Waals surface area contributed by atoms with Gasteiger partial charge in [0.05, 0.1) is 23.4 Å². The quantitative estimate of drug-likeness (QED) is 0.876. The summed E-state index contributed by atoms with van der Waals surface area (Å²) in [6.07, 6.45) is 0. The summed E-state index contributed by atoms with van der Waals surface area (Å²) in [5.74, 6) is -0.497. The Morgan fingerprint density at radius 3 is 2.45 bits per heavy atom. The van der Waals surface area contributed by atoms with Gasteiger partial charge in [-0.3, -0.25) is 4.90 Å².